The number of hydrogen-bond acceptors (Lipinski definition) is 3. The van der Waals surface area contributed by atoms with E-state index in [9.17, 15) is 4.79 Å². The molecule has 2 N–H and O–H groups in total. The van der Waals surface area contributed by atoms with E-state index in [0.717, 1.165) is 19.5 Å². The largest absolute Gasteiger partial charge is 0.358 e. The molecule has 1 atom stereocenters. The predicted molar refractivity (Wildman–Crippen MR) is 48.0 cm³/mol. The molecule has 70 valence electrons. The second kappa shape index (κ2) is 4.42. The molecule has 0 spiro atoms. The Morgan fingerprint density at radius 1 is 1.75 bits per heavy atom. The van der Waals surface area contributed by atoms with Gasteiger partial charge in [-0.15, -0.1) is 0 Å². The average molecular weight is 171 g/mol. The van der Waals surface area contributed by atoms with E-state index in [4.69, 9.17) is 0 Å². The maximum Gasteiger partial charge on any atom is 0.233 e. The first-order valence-corrected chi connectivity index (χ1v) is 4.35. The number of nitrogens with zero attached hydrogens (tertiary/aromatic N) is 1. The van der Waals surface area contributed by atoms with Crippen molar-refractivity contribution in [2.24, 2.45) is 0 Å². The Bertz CT molecular complexity index is 154. The van der Waals surface area contributed by atoms with Gasteiger partial charge < -0.3 is 10.6 Å². The third-order valence-electron chi connectivity index (χ3n) is 2.33. The molecule has 1 heterocycles. The topological polar surface area (TPSA) is 44.4 Å². The molecule has 0 radical (unpaired) electrons. The Morgan fingerprint density at radius 2 is 2.50 bits per heavy atom. The van der Waals surface area contributed by atoms with Crippen LogP contribution in [-0.2, 0) is 4.79 Å². The van der Waals surface area contributed by atoms with E-state index in [-0.39, 0.29) is 5.91 Å². The Morgan fingerprint density at radius 3 is 3.00 bits per heavy atom. The fraction of sp³-hybridized carbons (Fsp3) is 0.875. The van der Waals surface area contributed by atoms with Crippen molar-refractivity contribution in [1.29, 1.82) is 0 Å². The second-order valence-corrected chi connectivity index (χ2v) is 3.23. The summed E-state index contributed by atoms with van der Waals surface area (Å²) >= 11 is 0. The summed E-state index contributed by atoms with van der Waals surface area (Å²) in [5, 5.41) is 5.89. The number of rotatable bonds is 3. The molecule has 1 amide bonds. The van der Waals surface area contributed by atoms with Crippen molar-refractivity contribution in [3.8, 4) is 0 Å². The summed E-state index contributed by atoms with van der Waals surface area (Å²) in [5.41, 5.74) is 0. The zero-order valence-corrected chi connectivity index (χ0v) is 7.76. The molecule has 12 heavy (non-hydrogen) atoms. The van der Waals surface area contributed by atoms with Crippen molar-refractivity contribution in [3.63, 3.8) is 0 Å². The summed E-state index contributed by atoms with van der Waals surface area (Å²) in [6.07, 6.45) is 1.15. The van der Waals surface area contributed by atoms with E-state index >= 15 is 0 Å². The van der Waals surface area contributed by atoms with Crippen LogP contribution in [0.2, 0.25) is 0 Å². The number of carbonyl (C=O) groups excluding carboxylic acids is 1. The number of hydrogen-bond donors (Lipinski definition) is 2. The van der Waals surface area contributed by atoms with Gasteiger partial charge in [0.1, 0.15) is 0 Å². The maximum absolute atomic E-state index is 11.0. The summed E-state index contributed by atoms with van der Waals surface area (Å²) < 4.78 is 0. The fourth-order valence-corrected chi connectivity index (χ4v) is 1.45. The monoisotopic (exact) mass is 171 g/mol. The van der Waals surface area contributed by atoms with Crippen LogP contribution in [0.3, 0.4) is 0 Å². The van der Waals surface area contributed by atoms with Crippen LogP contribution in [0.1, 0.15) is 6.42 Å². The summed E-state index contributed by atoms with van der Waals surface area (Å²) in [4.78, 5) is 13.1. The minimum Gasteiger partial charge on any atom is -0.358 e. The molecule has 0 aromatic rings. The van der Waals surface area contributed by atoms with Gasteiger partial charge in [0.2, 0.25) is 5.91 Å². The van der Waals surface area contributed by atoms with Crippen molar-refractivity contribution in [3.05, 3.63) is 0 Å². The van der Waals surface area contributed by atoms with Gasteiger partial charge in [0, 0.05) is 19.6 Å². The van der Waals surface area contributed by atoms with Gasteiger partial charge in [0.05, 0.1) is 6.54 Å². The van der Waals surface area contributed by atoms with E-state index in [2.05, 4.69) is 15.5 Å². The normalized spacial score (nSPS) is 23.1. The number of carbonyl (C=O) groups is 1. The quantitative estimate of drug-likeness (QED) is 0.574. The molecule has 1 unspecified atom stereocenters. The van der Waals surface area contributed by atoms with E-state index < -0.39 is 0 Å². The Labute approximate surface area is 73.3 Å². The summed E-state index contributed by atoms with van der Waals surface area (Å²) in [6, 6.07) is 0.530. The van der Waals surface area contributed by atoms with Crippen molar-refractivity contribution in [2.45, 2.75) is 12.5 Å². The van der Waals surface area contributed by atoms with Gasteiger partial charge in [-0.1, -0.05) is 0 Å². The smallest absolute Gasteiger partial charge is 0.233 e. The first kappa shape index (κ1) is 9.48. The van der Waals surface area contributed by atoms with Gasteiger partial charge in [-0.3, -0.25) is 9.69 Å². The number of nitrogens with one attached hydrogen (secondary N) is 2. The second-order valence-electron chi connectivity index (χ2n) is 3.23. The molecule has 4 nitrogen and oxygen atoms in total. The van der Waals surface area contributed by atoms with Crippen molar-refractivity contribution < 1.29 is 4.79 Å². The van der Waals surface area contributed by atoms with Crippen LogP contribution in [0.5, 0.6) is 0 Å². The standard InChI is InChI=1S/C8H17N3O/c1-9-8(12)6-11(2)7-3-4-10-5-7/h7,10H,3-6H2,1-2H3,(H,9,12). The maximum atomic E-state index is 11.0. The van der Waals surface area contributed by atoms with Gasteiger partial charge in [-0.25, -0.2) is 0 Å². The van der Waals surface area contributed by atoms with Crippen LogP contribution in [-0.4, -0.2) is 50.6 Å². The van der Waals surface area contributed by atoms with Crippen LogP contribution < -0.4 is 10.6 Å². The molecular formula is C8H17N3O. The zero-order valence-electron chi connectivity index (χ0n) is 7.76. The molecule has 0 aromatic carbocycles. The van der Waals surface area contributed by atoms with Crippen molar-refractivity contribution in [1.82, 2.24) is 15.5 Å². The molecule has 4 heteroatoms. The molecule has 1 saturated heterocycles. The van der Waals surface area contributed by atoms with Crippen LogP contribution in [0.15, 0.2) is 0 Å². The van der Waals surface area contributed by atoms with Crippen LogP contribution in [0, 0.1) is 0 Å². The highest BCUT2D eigenvalue weighted by Crippen LogP contribution is 2.04. The highest BCUT2D eigenvalue weighted by molar-refractivity contribution is 5.77. The Hall–Kier alpha value is -0.610. The van der Waals surface area contributed by atoms with Crippen molar-refractivity contribution >= 4 is 5.91 Å². The van der Waals surface area contributed by atoms with E-state index in [0.29, 0.717) is 12.6 Å². The lowest BCUT2D eigenvalue weighted by Crippen LogP contribution is -2.40. The van der Waals surface area contributed by atoms with Crippen LogP contribution in [0.4, 0.5) is 0 Å². The van der Waals surface area contributed by atoms with Gasteiger partial charge >= 0.3 is 0 Å². The van der Waals surface area contributed by atoms with E-state index in [1.807, 2.05) is 7.05 Å². The SMILES string of the molecule is CNC(=O)CN(C)C1CCNC1. The molecule has 0 aromatic heterocycles. The van der Waals surface area contributed by atoms with Gasteiger partial charge in [0.15, 0.2) is 0 Å². The molecule has 0 saturated carbocycles. The van der Waals surface area contributed by atoms with Gasteiger partial charge in [-0.05, 0) is 20.0 Å². The fourth-order valence-electron chi connectivity index (χ4n) is 1.45. The van der Waals surface area contributed by atoms with Crippen LogP contribution >= 0.6 is 0 Å². The zero-order chi connectivity index (χ0) is 8.97. The lowest BCUT2D eigenvalue weighted by molar-refractivity contribution is -0.121. The first-order chi connectivity index (χ1) is 5.74. The minimum atomic E-state index is 0.0874. The molecule has 1 aliphatic rings. The molecule has 1 rings (SSSR count). The lowest BCUT2D eigenvalue weighted by Gasteiger charge is -2.21. The molecular weight excluding hydrogens is 154 g/mol. The molecule has 0 aliphatic carbocycles. The summed E-state index contributed by atoms with van der Waals surface area (Å²) in [5.74, 6) is 0.0874. The first-order valence-electron chi connectivity index (χ1n) is 4.35. The van der Waals surface area contributed by atoms with Crippen LogP contribution in [0.25, 0.3) is 0 Å². The van der Waals surface area contributed by atoms with E-state index in [1.165, 1.54) is 0 Å². The number of likely N-dealkylation sites (N-methyl/N-ethyl adjacent to an activating group) is 2. The molecule has 1 fully saturated rings. The third kappa shape index (κ3) is 2.46. The highest BCUT2D eigenvalue weighted by atomic mass is 16.1. The third-order valence-corrected chi connectivity index (χ3v) is 2.33. The summed E-state index contributed by atoms with van der Waals surface area (Å²) in [7, 11) is 3.66. The van der Waals surface area contributed by atoms with E-state index in [1.54, 1.807) is 7.05 Å². The summed E-state index contributed by atoms with van der Waals surface area (Å²) in [6.45, 7) is 2.58. The predicted octanol–water partition coefficient (Wildman–Crippen LogP) is -0.974. The lowest BCUT2D eigenvalue weighted by atomic mass is 10.2. The highest BCUT2D eigenvalue weighted by Gasteiger charge is 2.20. The van der Waals surface area contributed by atoms with Gasteiger partial charge in [0.25, 0.3) is 0 Å². The van der Waals surface area contributed by atoms with Crippen molar-refractivity contribution in [2.75, 3.05) is 33.7 Å². The Kier molecular flexibility index (Phi) is 3.49. The van der Waals surface area contributed by atoms with Gasteiger partial charge in [-0.2, -0.15) is 0 Å². The Balaban J connectivity index is 2.26. The molecule has 1 aliphatic heterocycles. The minimum absolute atomic E-state index is 0.0874. The average Bonchev–Trinajstić information content (AvgIpc) is 2.56. The molecule has 0 bridgehead atoms. The number of amides is 1.